The highest BCUT2D eigenvalue weighted by atomic mass is 32.1. The van der Waals surface area contributed by atoms with E-state index in [1.807, 2.05) is 42.2 Å². The molecule has 51 heavy (non-hydrogen) atoms. The van der Waals surface area contributed by atoms with Crippen LogP contribution in [0.4, 0.5) is 0 Å². The molecule has 11 nitrogen and oxygen atoms in total. The number of amides is 3. The van der Waals surface area contributed by atoms with E-state index in [-0.39, 0.29) is 24.1 Å². The van der Waals surface area contributed by atoms with Crippen molar-refractivity contribution in [1.82, 2.24) is 34.8 Å². The molecule has 3 aliphatic rings. The first-order valence-electron chi connectivity index (χ1n) is 17.4. The monoisotopic (exact) mass is 699 g/mol. The van der Waals surface area contributed by atoms with Crippen LogP contribution in [-0.2, 0) is 48.7 Å². The Bertz CT molecular complexity index is 2210. The molecule has 8 rings (SSSR count). The summed E-state index contributed by atoms with van der Waals surface area (Å²) in [4.78, 5) is 41.0. The fourth-order valence-electron chi connectivity index (χ4n) is 7.18. The normalized spacial score (nSPS) is 16.5. The lowest BCUT2D eigenvalue weighted by Gasteiger charge is -2.29. The SMILES string of the molecule is Cc1nnc2n1Cc1sc(C#Cc3cnn(CCCCCc4cccc5c4CN(C4CCC(=O)NC4=O)C5=O)c3)c(Cc3ccccc3)c1OC2. The van der Waals surface area contributed by atoms with Gasteiger partial charge in [-0.2, -0.15) is 5.10 Å². The number of aromatic nitrogens is 5. The number of nitrogens with zero attached hydrogens (tertiary/aromatic N) is 6. The summed E-state index contributed by atoms with van der Waals surface area (Å²) in [6.07, 6.45) is 8.98. The number of hydrogen-bond acceptors (Lipinski definition) is 8. The first-order chi connectivity index (χ1) is 24.9. The third-order valence-corrected chi connectivity index (χ3v) is 11.0. The molecule has 5 aromatic rings. The minimum Gasteiger partial charge on any atom is -0.484 e. The van der Waals surface area contributed by atoms with Gasteiger partial charge in [-0.25, -0.2) is 0 Å². The first-order valence-corrected chi connectivity index (χ1v) is 18.2. The van der Waals surface area contributed by atoms with Crippen molar-refractivity contribution in [3.63, 3.8) is 0 Å². The van der Waals surface area contributed by atoms with Crippen LogP contribution in [0.2, 0.25) is 0 Å². The predicted molar refractivity (Wildman–Crippen MR) is 190 cm³/mol. The molecule has 1 N–H and O–H groups in total. The molecule has 258 valence electrons. The van der Waals surface area contributed by atoms with Crippen LogP contribution >= 0.6 is 11.3 Å². The van der Waals surface area contributed by atoms with E-state index in [0.29, 0.717) is 31.7 Å². The minimum absolute atomic E-state index is 0.130. The number of thiophene rings is 1. The van der Waals surface area contributed by atoms with Crippen molar-refractivity contribution >= 4 is 29.1 Å². The van der Waals surface area contributed by atoms with Gasteiger partial charge >= 0.3 is 0 Å². The second-order valence-electron chi connectivity index (χ2n) is 13.3. The molecular formula is C39H37N7O4S. The molecule has 1 fully saturated rings. The Morgan fingerprint density at radius 2 is 1.88 bits per heavy atom. The molecule has 2 aromatic carbocycles. The van der Waals surface area contributed by atoms with Gasteiger partial charge in [0.15, 0.2) is 5.82 Å². The smallest absolute Gasteiger partial charge is 0.255 e. The highest BCUT2D eigenvalue weighted by molar-refractivity contribution is 7.13. The molecule has 3 aromatic heterocycles. The number of unbranched alkanes of at least 4 members (excludes halogenated alkanes) is 2. The van der Waals surface area contributed by atoms with Gasteiger partial charge in [0, 0.05) is 43.3 Å². The summed E-state index contributed by atoms with van der Waals surface area (Å²) in [6, 6.07) is 15.6. The molecule has 3 aliphatic heterocycles. The quantitative estimate of drug-likeness (QED) is 0.131. The maximum atomic E-state index is 13.2. The Balaban J connectivity index is 0.890. The van der Waals surface area contributed by atoms with E-state index in [0.717, 1.165) is 88.1 Å². The van der Waals surface area contributed by atoms with E-state index < -0.39 is 6.04 Å². The number of aryl methyl sites for hydroxylation is 3. The molecule has 1 unspecified atom stereocenters. The van der Waals surface area contributed by atoms with Crippen LogP contribution in [-0.4, -0.2) is 53.2 Å². The van der Waals surface area contributed by atoms with Crippen molar-refractivity contribution in [2.24, 2.45) is 0 Å². The van der Waals surface area contributed by atoms with Crippen LogP contribution in [0.25, 0.3) is 0 Å². The maximum absolute atomic E-state index is 13.2. The number of carbonyl (C=O) groups excluding carboxylic acids is 3. The molecule has 0 saturated carbocycles. The van der Waals surface area contributed by atoms with Crippen molar-refractivity contribution in [3.8, 4) is 17.6 Å². The van der Waals surface area contributed by atoms with E-state index in [2.05, 4.69) is 67.4 Å². The summed E-state index contributed by atoms with van der Waals surface area (Å²) in [7, 11) is 0. The number of carbonyl (C=O) groups is 3. The maximum Gasteiger partial charge on any atom is 0.255 e. The van der Waals surface area contributed by atoms with Crippen molar-refractivity contribution in [2.45, 2.75) is 84.2 Å². The number of benzene rings is 2. The highest BCUT2D eigenvalue weighted by Gasteiger charge is 2.39. The Morgan fingerprint density at radius 1 is 1.00 bits per heavy atom. The van der Waals surface area contributed by atoms with Gasteiger partial charge in [0.1, 0.15) is 24.2 Å². The average molecular weight is 700 g/mol. The molecule has 1 atom stereocenters. The molecule has 12 heteroatoms. The Labute approximate surface area is 299 Å². The zero-order valence-electron chi connectivity index (χ0n) is 28.4. The minimum atomic E-state index is -0.599. The van der Waals surface area contributed by atoms with E-state index >= 15 is 0 Å². The van der Waals surface area contributed by atoms with E-state index in [4.69, 9.17) is 4.74 Å². The average Bonchev–Trinajstić information content (AvgIpc) is 3.87. The molecule has 0 bridgehead atoms. The van der Waals surface area contributed by atoms with Crippen molar-refractivity contribution in [2.75, 3.05) is 0 Å². The standard InChI is InChI=1S/C39H37N7O4S/c1-25-42-43-35-24-50-37-30(19-26-9-4-2-5-10-26)33(51-34(37)23-45(25)35)16-14-27-20-40-44(21-27)18-7-3-6-11-28-12-8-13-29-31(28)22-46(39(29)49)32-15-17-36(47)41-38(32)48/h2,4-5,8-10,12-13,20-21,32H,3,6-7,11,15,17-19,22-24H2,1H3,(H,41,47,48). The van der Waals surface area contributed by atoms with Crippen molar-refractivity contribution in [1.29, 1.82) is 0 Å². The third kappa shape index (κ3) is 6.69. The van der Waals surface area contributed by atoms with Gasteiger partial charge in [-0.1, -0.05) is 60.7 Å². The number of hydrogen-bond donors (Lipinski definition) is 1. The van der Waals surface area contributed by atoms with E-state index in [1.54, 1.807) is 16.2 Å². The lowest BCUT2D eigenvalue weighted by molar-refractivity contribution is -0.136. The first kappa shape index (κ1) is 32.7. The van der Waals surface area contributed by atoms with Crippen molar-refractivity contribution in [3.05, 3.63) is 116 Å². The van der Waals surface area contributed by atoms with Gasteiger partial charge in [0.05, 0.1) is 28.1 Å². The van der Waals surface area contributed by atoms with Crippen LogP contribution in [0, 0.1) is 18.8 Å². The topological polar surface area (TPSA) is 124 Å². The number of fused-ring (bicyclic) bond motifs is 3. The van der Waals surface area contributed by atoms with Crippen LogP contribution < -0.4 is 10.1 Å². The predicted octanol–water partition coefficient (Wildman–Crippen LogP) is 4.95. The zero-order valence-corrected chi connectivity index (χ0v) is 29.2. The van der Waals surface area contributed by atoms with Gasteiger partial charge in [0.25, 0.3) is 5.91 Å². The fourth-order valence-corrected chi connectivity index (χ4v) is 8.29. The second kappa shape index (κ2) is 14.0. The largest absolute Gasteiger partial charge is 0.484 e. The lowest BCUT2D eigenvalue weighted by Crippen LogP contribution is -2.52. The molecular weight excluding hydrogens is 663 g/mol. The van der Waals surface area contributed by atoms with Gasteiger partial charge < -0.3 is 14.2 Å². The van der Waals surface area contributed by atoms with Crippen molar-refractivity contribution < 1.29 is 19.1 Å². The molecule has 0 radical (unpaired) electrons. The summed E-state index contributed by atoms with van der Waals surface area (Å²) in [5.74, 6) is 8.63. The van der Waals surface area contributed by atoms with Crippen LogP contribution in [0.5, 0.6) is 5.75 Å². The lowest BCUT2D eigenvalue weighted by atomic mass is 9.98. The van der Waals surface area contributed by atoms with Gasteiger partial charge in [-0.05, 0) is 55.4 Å². The summed E-state index contributed by atoms with van der Waals surface area (Å²) >= 11 is 1.68. The zero-order chi connectivity index (χ0) is 34.9. The summed E-state index contributed by atoms with van der Waals surface area (Å²) in [5, 5.41) is 15.5. The highest BCUT2D eigenvalue weighted by Crippen LogP contribution is 2.39. The Hall–Kier alpha value is -5.54. The molecule has 6 heterocycles. The Morgan fingerprint density at radius 3 is 2.75 bits per heavy atom. The van der Waals surface area contributed by atoms with Gasteiger partial charge in [0.2, 0.25) is 11.8 Å². The van der Waals surface area contributed by atoms with E-state index in [9.17, 15) is 14.4 Å². The Kier molecular flexibility index (Phi) is 8.96. The summed E-state index contributed by atoms with van der Waals surface area (Å²) < 4.78 is 10.4. The second-order valence-corrected chi connectivity index (χ2v) is 14.4. The molecule has 0 aliphatic carbocycles. The van der Waals surface area contributed by atoms with Crippen LogP contribution in [0.15, 0.2) is 60.9 Å². The van der Waals surface area contributed by atoms with Gasteiger partial charge in [-0.3, -0.25) is 24.4 Å². The van der Waals surface area contributed by atoms with Gasteiger partial charge in [-0.15, -0.1) is 21.5 Å². The molecule has 1 saturated heterocycles. The summed E-state index contributed by atoms with van der Waals surface area (Å²) in [6.45, 7) is 4.21. The fraction of sp³-hybridized carbons (Fsp3) is 0.333. The molecule has 0 spiro atoms. The number of ether oxygens (including phenoxy) is 1. The number of piperidine rings is 1. The molecule has 3 amide bonds. The third-order valence-electron chi connectivity index (χ3n) is 9.88. The number of rotatable bonds is 9. The van der Waals surface area contributed by atoms with Crippen LogP contribution in [0.3, 0.4) is 0 Å². The van der Waals surface area contributed by atoms with E-state index in [1.165, 1.54) is 5.56 Å². The number of nitrogens with one attached hydrogen (secondary N) is 1. The summed E-state index contributed by atoms with van der Waals surface area (Å²) in [5.41, 5.74) is 5.99. The van der Waals surface area contributed by atoms with Crippen LogP contribution in [0.1, 0.15) is 91.7 Å². The number of imide groups is 1.